The maximum Gasteiger partial charge on any atom is 0.355 e. The quantitative estimate of drug-likeness (QED) is 0.938. The predicted octanol–water partition coefficient (Wildman–Crippen LogP) is 2.04. The van der Waals surface area contributed by atoms with E-state index >= 15 is 0 Å². The number of aromatic carboxylic acids is 1. The minimum Gasteiger partial charge on any atom is -0.476 e. The Hall–Kier alpha value is -2.21. The van der Waals surface area contributed by atoms with Gasteiger partial charge >= 0.3 is 5.97 Å². The lowest BCUT2D eigenvalue weighted by Crippen LogP contribution is -2.36. The van der Waals surface area contributed by atoms with Crippen molar-refractivity contribution in [1.82, 2.24) is 9.88 Å². The highest BCUT2D eigenvalue weighted by atomic mass is 32.1. The van der Waals surface area contributed by atoms with Crippen molar-refractivity contribution >= 4 is 23.2 Å². The molecule has 0 radical (unpaired) electrons. The Morgan fingerprint density at radius 3 is 2.95 bits per heavy atom. The molecule has 0 fully saturated rings. The van der Waals surface area contributed by atoms with Crippen LogP contribution in [0.1, 0.15) is 31.4 Å². The number of benzene rings is 1. The van der Waals surface area contributed by atoms with Crippen LogP contribution in [0.25, 0.3) is 0 Å². The average molecular weight is 288 g/mol. The summed E-state index contributed by atoms with van der Waals surface area (Å²) in [5.74, 6) is -1.05. The number of carbonyl (C=O) groups excluding carboxylic acids is 1. The molecule has 0 saturated carbocycles. The molecule has 0 aliphatic carbocycles. The lowest BCUT2D eigenvalue weighted by atomic mass is 9.99. The van der Waals surface area contributed by atoms with E-state index in [1.807, 2.05) is 24.3 Å². The second-order valence-electron chi connectivity index (χ2n) is 4.57. The van der Waals surface area contributed by atoms with Gasteiger partial charge in [-0.2, -0.15) is 0 Å². The van der Waals surface area contributed by atoms with Gasteiger partial charge in [-0.25, -0.2) is 9.78 Å². The Balaban J connectivity index is 1.79. The van der Waals surface area contributed by atoms with Gasteiger partial charge in [-0.15, -0.1) is 11.3 Å². The fourth-order valence-electron chi connectivity index (χ4n) is 2.27. The summed E-state index contributed by atoms with van der Waals surface area (Å²) in [5, 5.41) is 11.0. The van der Waals surface area contributed by atoms with E-state index in [1.165, 1.54) is 16.7 Å². The van der Waals surface area contributed by atoms with Gasteiger partial charge in [-0.1, -0.05) is 18.2 Å². The molecule has 1 N–H and O–H groups in total. The number of fused-ring (bicyclic) bond motifs is 1. The molecule has 0 bridgehead atoms. The van der Waals surface area contributed by atoms with Gasteiger partial charge in [0.2, 0.25) is 0 Å². The van der Waals surface area contributed by atoms with Gasteiger partial charge in [-0.05, 0) is 18.1 Å². The molecule has 0 unspecified atom stereocenters. The van der Waals surface area contributed by atoms with Crippen LogP contribution in [-0.4, -0.2) is 33.4 Å². The molecular formula is C14H12N2O3S. The van der Waals surface area contributed by atoms with Crippen molar-refractivity contribution in [2.45, 2.75) is 13.0 Å². The second-order valence-corrected chi connectivity index (χ2v) is 5.51. The van der Waals surface area contributed by atoms with Gasteiger partial charge in [0, 0.05) is 17.5 Å². The van der Waals surface area contributed by atoms with Crippen molar-refractivity contribution in [3.8, 4) is 0 Å². The lowest BCUT2D eigenvalue weighted by molar-refractivity contribution is 0.0691. The van der Waals surface area contributed by atoms with Gasteiger partial charge in [0.15, 0.2) is 5.69 Å². The maximum atomic E-state index is 12.3. The molecule has 2 heterocycles. The van der Waals surface area contributed by atoms with Crippen LogP contribution >= 0.6 is 11.3 Å². The number of carbonyl (C=O) groups is 2. The fourth-order valence-corrected chi connectivity index (χ4v) is 3.05. The van der Waals surface area contributed by atoms with Crippen LogP contribution < -0.4 is 0 Å². The molecular weight excluding hydrogens is 276 g/mol. The molecule has 0 spiro atoms. The molecule has 5 nitrogen and oxygen atoms in total. The van der Waals surface area contributed by atoms with E-state index in [1.54, 1.807) is 4.90 Å². The summed E-state index contributed by atoms with van der Waals surface area (Å²) in [5.41, 5.74) is 1.84. The molecule has 1 aromatic carbocycles. The number of carboxylic acids is 1. The van der Waals surface area contributed by atoms with Crippen molar-refractivity contribution in [1.29, 1.82) is 0 Å². The van der Waals surface area contributed by atoms with E-state index in [-0.39, 0.29) is 11.6 Å². The first-order chi connectivity index (χ1) is 9.65. The van der Waals surface area contributed by atoms with E-state index < -0.39 is 5.97 Å². The minimum absolute atomic E-state index is 0.0149. The third-order valence-electron chi connectivity index (χ3n) is 3.28. The van der Waals surface area contributed by atoms with Gasteiger partial charge in [0.1, 0.15) is 5.01 Å². The standard InChI is InChI=1S/C14H12N2O3S/c17-13-10-4-2-1-3-9(10)5-6-16(13)7-12-15-11(8-20-12)14(18)19/h1-4,8H,5-7H2,(H,18,19). The number of thiazole rings is 1. The van der Waals surface area contributed by atoms with Crippen molar-refractivity contribution in [2.24, 2.45) is 0 Å². The molecule has 0 saturated heterocycles. The minimum atomic E-state index is -1.04. The van der Waals surface area contributed by atoms with E-state index in [2.05, 4.69) is 4.98 Å². The Bertz CT molecular complexity index is 681. The van der Waals surface area contributed by atoms with E-state index in [4.69, 9.17) is 5.11 Å². The number of nitrogens with zero attached hydrogens (tertiary/aromatic N) is 2. The summed E-state index contributed by atoms with van der Waals surface area (Å²) in [4.78, 5) is 28.9. The van der Waals surface area contributed by atoms with Crippen LogP contribution in [0, 0.1) is 0 Å². The third-order valence-corrected chi connectivity index (χ3v) is 4.12. The second kappa shape index (κ2) is 5.05. The van der Waals surface area contributed by atoms with E-state index in [0.29, 0.717) is 18.1 Å². The smallest absolute Gasteiger partial charge is 0.355 e. The highest BCUT2D eigenvalue weighted by Crippen LogP contribution is 2.21. The van der Waals surface area contributed by atoms with Crippen LogP contribution in [0.4, 0.5) is 0 Å². The molecule has 1 aromatic heterocycles. The number of aromatic nitrogens is 1. The zero-order valence-corrected chi connectivity index (χ0v) is 11.4. The Kier molecular flexibility index (Phi) is 3.23. The summed E-state index contributed by atoms with van der Waals surface area (Å²) in [7, 11) is 0. The van der Waals surface area contributed by atoms with E-state index in [0.717, 1.165) is 17.5 Å². The van der Waals surface area contributed by atoms with Gasteiger partial charge in [0.05, 0.1) is 6.54 Å². The highest BCUT2D eigenvalue weighted by molar-refractivity contribution is 7.09. The summed E-state index contributed by atoms with van der Waals surface area (Å²) in [6, 6.07) is 7.58. The van der Waals surface area contributed by atoms with Gasteiger partial charge < -0.3 is 10.0 Å². The van der Waals surface area contributed by atoms with Gasteiger partial charge in [-0.3, -0.25) is 4.79 Å². The van der Waals surface area contributed by atoms with Crippen molar-refractivity contribution < 1.29 is 14.7 Å². The molecule has 3 rings (SSSR count). The molecule has 2 aromatic rings. The van der Waals surface area contributed by atoms with Crippen LogP contribution in [0.15, 0.2) is 29.6 Å². The molecule has 0 atom stereocenters. The lowest BCUT2D eigenvalue weighted by Gasteiger charge is -2.27. The monoisotopic (exact) mass is 288 g/mol. The first kappa shape index (κ1) is 12.8. The maximum absolute atomic E-state index is 12.3. The SMILES string of the molecule is O=C(O)c1csc(CN2CCc3ccccc3C2=O)n1. The number of rotatable bonds is 3. The van der Waals surface area contributed by atoms with Crippen LogP contribution in [-0.2, 0) is 13.0 Å². The van der Waals surface area contributed by atoms with Crippen molar-refractivity contribution in [3.63, 3.8) is 0 Å². The highest BCUT2D eigenvalue weighted by Gasteiger charge is 2.24. The zero-order valence-electron chi connectivity index (χ0n) is 10.6. The molecule has 20 heavy (non-hydrogen) atoms. The summed E-state index contributed by atoms with van der Waals surface area (Å²) in [6.07, 6.45) is 0.819. The number of amides is 1. The zero-order chi connectivity index (χ0) is 14.1. The number of hydrogen-bond acceptors (Lipinski definition) is 4. The molecule has 1 amide bonds. The number of carboxylic acid groups (broad SMARTS) is 1. The van der Waals surface area contributed by atoms with Crippen molar-refractivity contribution in [3.05, 3.63) is 51.5 Å². The Labute approximate surface area is 119 Å². The average Bonchev–Trinajstić information content (AvgIpc) is 2.91. The fraction of sp³-hybridized carbons (Fsp3) is 0.214. The topological polar surface area (TPSA) is 70.5 Å². The molecule has 1 aliphatic heterocycles. The van der Waals surface area contributed by atoms with Crippen LogP contribution in [0.3, 0.4) is 0 Å². The molecule has 1 aliphatic rings. The molecule has 6 heteroatoms. The first-order valence-corrected chi connectivity index (χ1v) is 7.08. The van der Waals surface area contributed by atoms with E-state index in [9.17, 15) is 9.59 Å². The first-order valence-electron chi connectivity index (χ1n) is 6.20. The normalized spacial score (nSPS) is 14.2. The largest absolute Gasteiger partial charge is 0.476 e. The predicted molar refractivity (Wildman–Crippen MR) is 74.0 cm³/mol. The van der Waals surface area contributed by atoms with Crippen LogP contribution in [0.2, 0.25) is 0 Å². The van der Waals surface area contributed by atoms with Gasteiger partial charge in [0.25, 0.3) is 5.91 Å². The summed E-state index contributed by atoms with van der Waals surface area (Å²) in [6.45, 7) is 1.00. The Morgan fingerprint density at radius 2 is 2.20 bits per heavy atom. The van der Waals surface area contributed by atoms with Crippen LogP contribution in [0.5, 0.6) is 0 Å². The molecule has 102 valence electrons. The number of hydrogen-bond donors (Lipinski definition) is 1. The van der Waals surface area contributed by atoms with Crippen molar-refractivity contribution in [2.75, 3.05) is 6.54 Å². The summed E-state index contributed by atoms with van der Waals surface area (Å²) < 4.78 is 0. The Morgan fingerprint density at radius 1 is 1.40 bits per heavy atom. The summed E-state index contributed by atoms with van der Waals surface area (Å²) >= 11 is 1.27. The third kappa shape index (κ3) is 2.30.